The molecule has 1 saturated carbocycles. The van der Waals surface area contributed by atoms with Gasteiger partial charge in [0.05, 0.1) is 5.60 Å². The normalized spacial score (nSPS) is 32.9. The molecule has 0 aromatic heterocycles. The summed E-state index contributed by atoms with van der Waals surface area (Å²) in [4.78, 5) is 0. The highest BCUT2D eigenvalue weighted by Gasteiger charge is 2.31. The molecule has 0 amide bonds. The van der Waals surface area contributed by atoms with Gasteiger partial charge < -0.3 is 10.4 Å². The van der Waals surface area contributed by atoms with Crippen molar-refractivity contribution < 1.29 is 5.11 Å². The number of aliphatic hydroxyl groups is 1. The van der Waals surface area contributed by atoms with Gasteiger partial charge in [-0.25, -0.2) is 0 Å². The van der Waals surface area contributed by atoms with Crippen molar-refractivity contribution in [2.75, 3.05) is 13.1 Å². The Labute approximate surface area is 91.3 Å². The van der Waals surface area contributed by atoms with E-state index >= 15 is 0 Å². The summed E-state index contributed by atoms with van der Waals surface area (Å²) in [5, 5.41) is 13.9. The second-order valence-corrected chi connectivity index (χ2v) is 5.06. The lowest BCUT2D eigenvalue weighted by Gasteiger charge is -2.35. The summed E-state index contributed by atoms with van der Waals surface area (Å²) in [6.07, 6.45) is 4.05. The molecule has 0 spiro atoms. The molecule has 1 rings (SSSR count). The molecule has 2 nitrogen and oxygen atoms in total. The van der Waals surface area contributed by atoms with Crippen molar-refractivity contribution in [2.24, 2.45) is 5.92 Å². The van der Waals surface area contributed by atoms with Gasteiger partial charge in [0, 0.05) is 18.1 Å². The molecule has 14 heavy (non-hydrogen) atoms. The van der Waals surface area contributed by atoms with Crippen molar-refractivity contribution in [2.45, 2.75) is 38.2 Å². The minimum Gasteiger partial charge on any atom is -0.389 e. The monoisotopic (exact) mass is 217 g/mol. The summed E-state index contributed by atoms with van der Waals surface area (Å²) >= 11 is 5.63. The molecule has 0 heterocycles. The average Bonchev–Trinajstić information content (AvgIpc) is 2.10. The van der Waals surface area contributed by atoms with Crippen molar-refractivity contribution in [3.63, 3.8) is 0 Å². The Morgan fingerprint density at radius 1 is 1.57 bits per heavy atom. The predicted octanol–water partition coefficient (Wildman–Crippen LogP) is 2.27. The highest BCUT2D eigenvalue weighted by Crippen LogP contribution is 2.31. The molecule has 82 valence electrons. The van der Waals surface area contributed by atoms with Crippen LogP contribution < -0.4 is 5.32 Å². The first-order valence-corrected chi connectivity index (χ1v) is 5.66. The quantitative estimate of drug-likeness (QED) is 0.758. The van der Waals surface area contributed by atoms with E-state index in [2.05, 4.69) is 18.8 Å². The second kappa shape index (κ2) is 5.15. The van der Waals surface area contributed by atoms with Gasteiger partial charge in [-0.2, -0.15) is 0 Å². The molecule has 0 aliphatic heterocycles. The predicted molar refractivity (Wildman–Crippen MR) is 60.4 cm³/mol. The highest BCUT2D eigenvalue weighted by atomic mass is 35.5. The summed E-state index contributed by atoms with van der Waals surface area (Å²) in [6.45, 7) is 7.05. The summed E-state index contributed by atoms with van der Waals surface area (Å²) in [6, 6.07) is 0. The van der Waals surface area contributed by atoms with Gasteiger partial charge in [-0.1, -0.05) is 25.1 Å². The molecule has 1 aliphatic carbocycles. The van der Waals surface area contributed by atoms with Gasteiger partial charge in [0.1, 0.15) is 0 Å². The Bertz CT molecular complexity index is 197. The summed E-state index contributed by atoms with van der Waals surface area (Å²) < 4.78 is 0. The van der Waals surface area contributed by atoms with Crippen molar-refractivity contribution in [1.29, 1.82) is 0 Å². The van der Waals surface area contributed by atoms with Crippen LogP contribution >= 0.6 is 11.6 Å². The first-order chi connectivity index (χ1) is 6.52. The van der Waals surface area contributed by atoms with Crippen LogP contribution in [0, 0.1) is 5.92 Å². The van der Waals surface area contributed by atoms with Crippen molar-refractivity contribution in [3.05, 3.63) is 11.6 Å². The van der Waals surface area contributed by atoms with Gasteiger partial charge >= 0.3 is 0 Å². The topological polar surface area (TPSA) is 32.3 Å². The minimum atomic E-state index is -0.515. The van der Waals surface area contributed by atoms with Crippen LogP contribution in [0.4, 0.5) is 0 Å². The molecule has 0 aromatic rings. The number of nitrogens with one attached hydrogen (secondary N) is 1. The van der Waals surface area contributed by atoms with Crippen molar-refractivity contribution in [1.82, 2.24) is 5.32 Å². The van der Waals surface area contributed by atoms with E-state index in [-0.39, 0.29) is 0 Å². The molecule has 0 aromatic carbocycles. The van der Waals surface area contributed by atoms with Gasteiger partial charge in [-0.15, -0.1) is 0 Å². The van der Waals surface area contributed by atoms with E-state index in [4.69, 9.17) is 11.6 Å². The van der Waals surface area contributed by atoms with Gasteiger partial charge in [-0.3, -0.25) is 0 Å². The van der Waals surface area contributed by atoms with Crippen LogP contribution in [0.3, 0.4) is 0 Å². The maximum absolute atomic E-state index is 10.2. The lowest BCUT2D eigenvalue weighted by atomic mass is 9.79. The number of rotatable bonds is 4. The molecule has 0 saturated heterocycles. The van der Waals surface area contributed by atoms with E-state index < -0.39 is 5.60 Å². The third kappa shape index (κ3) is 3.99. The zero-order chi connectivity index (χ0) is 10.6. The summed E-state index contributed by atoms with van der Waals surface area (Å²) in [7, 11) is 0. The Kier molecular flexibility index (Phi) is 4.42. The van der Waals surface area contributed by atoms with Gasteiger partial charge in [-0.05, 0) is 31.6 Å². The lowest BCUT2D eigenvalue weighted by Crippen LogP contribution is -2.43. The van der Waals surface area contributed by atoms with Crippen LogP contribution in [0.15, 0.2) is 11.6 Å². The molecule has 0 radical (unpaired) electrons. The van der Waals surface area contributed by atoms with E-state index in [0.717, 1.165) is 31.6 Å². The Hall–Kier alpha value is -0.0500. The van der Waals surface area contributed by atoms with Gasteiger partial charge in [0.15, 0.2) is 0 Å². The molecule has 0 unspecified atom stereocenters. The molecule has 3 heteroatoms. The lowest BCUT2D eigenvalue weighted by molar-refractivity contribution is -0.00534. The third-order valence-electron chi connectivity index (χ3n) is 2.98. The SMILES string of the molecule is C=C(Cl)CNCC1(O)CCC(C)CC1. The fourth-order valence-electron chi connectivity index (χ4n) is 1.91. The fraction of sp³-hybridized carbons (Fsp3) is 0.818. The van der Waals surface area contributed by atoms with E-state index in [1.807, 2.05) is 0 Å². The van der Waals surface area contributed by atoms with E-state index in [1.54, 1.807) is 0 Å². The van der Waals surface area contributed by atoms with Crippen molar-refractivity contribution in [3.8, 4) is 0 Å². The third-order valence-corrected chi connectivity index (χ3v) is 3.11. The zero-order valence-corrected chi connectivity index (χ0v) is 9.61. The Morgan fingerprint density at radius 3 is 2.64 bits per heavy atom. The van der Waals surface area contributed by atoms with Crippen LogP contribution in [-0.2, 0) is 0 Å². The smallest absolute Gasteiger partial charge is 0.0771 e. The molecule has 1 fully saturated rings. The molecule has 0 atom stereocenters. The maximum Gasteiger partial charge on any atom is 0.0771 e. The van der Waals surface area contributed by atoms with E-state index in [0.29, 0.717) is 18.1 Å². The highest BCUT2D eigenvalue weighted by molar-refractivity contribution is 6.29. The van der Waals surface area contributed by atoms with Crippen molar-refractivity contribution >= 4 is 11.6 Å². The number of halogens is 1. The van der Waals surface area contributed by atoms with Crippen LogP contribution in [0.5, 0.6) is 0 Å². The number of hydrogen-bond acceptors (Lipinski definition) is 2. The van der Waals surface area contributed by atoms with Crippen LogP contribution in [0.1, 0.15) is 32.6 Å². The summed E-state index contributed by atoms with van der Waals surface area (Å²) in [5.41, 5.74) is -0.515. The molecular formula is C11H20ClNO. The fourth-order valence-corrected chi connectivity index (χ4v) is 2.00. The second-order valence-electron chi connectivity index (χ2n) is 4.53. The van der Waals surface area contributed by atoms with Crippen LogP contribution in [0.25, 0.3) is 0 Å². The standard InChI is InChI=1S/C11H20ClNO/c1-9-3-5-11(14,6-4-9)8-13-7-10(2)12/h9,13-14H,2-8H2,1H3. The maximum atomic E-state index is 10.2. The zero-order valence-electron chi connectivity index (χ0n) is 8.85. The Balaban J connectivity index is 2.25. The Morgan fingerprint density at radius 2 is 2.14 bits per heavy atom. The first-order valence-electron chi connectivity index (χ1n) is 5.28. The first kappa shape index (κ1) is 12.0. The number of hydrogen-bond donors (Lipinski definition) is 2. The summed E-state index contributed by atoms with van der Waals surface area (Å²) in [5.74, 6) is 0.762. The van der Waals surface area contributed by atoms with Crippen LogP contribution in [-0.4, -0.2) is 23.8 Å². The minimum absolute atomic E-state index is 0.515. The molecular weight excluding hydrogens is 198 g/mol. The van der Waals surface area contributed by atoms with Gasteiger partial charge in [0.2, 0.25) is 0 Å². The molecule has 2 N–H and O–H groups in total. The molecule has 1 aliphatic rings. The molecule has 0 bridgehead atoms. The van der Waals surface area contributed by atoms with E-state index in [9.17, 15) is 5.11 Å². The van der Waals surface area contributed by atoms with Crippen LogP contribution in [0.2, 0.25) is 0 Å². The average molecular weight is 218 g/mol. The largest absolute Gasteiger partial charge is 0.389 e. The van der Waals surface area contributed by atoms with Gasteiger partial charge in [0.25, 0.3) is 0 Å². The van der Waals surface area contributed by atoms with E-state index in [1.165, 1.54) is 0 Å².